The van der Waals surface area contributed by atoms with Crippen molar-refractivity contribution in [3.8, 4) is 23.0 Å². The molecule has 0 aliphatic heterocycles. The van der Waals surface area contributed by atoms with Gasteiger partial charge in [-0.1, -0.05) is 76.2 Å². The SMILES string of the molecule is CCC(C)(C)OC(=O)Oc1ccc(C2(c3ccc(OC(=O)OC(C)(C)CC)cc3)CCC(C(C)(C)C3CCC(c4ccc(O)cc4)(c4ccc(O)cc4)CC3)CC2)cc1. The molecule has 8 heteroatoms. The Kier molecular flexibility index (Phi) is 12.8. The van der Waals surface area contributed by atoms with Crippen LogP contribution in [0.15, 0.2) is 97.1 Å². The Morgan fingerprint density at radius 1 is 0.508 bits per heavy atom. The van der Waals surface area contributed by atoms with E-state index in [0.717, 1.165) is 62.5 Å². The topological polar surface area (TPSA) is 112 Å². The Labute approximate surface area is 351 Å². The molecule has 0 aromatic heterocycles. The number of benzene rings is 4. The smallest absolute Gasteiger partial charge is 0.508 e. The van der Waals surface area contributed by atoms with E-state index in [1.807, 2.05) is 65.8 Å². The monoisotopic (exact) mass is 804 g/mol. The van der Waals surface area contributed by atoms with Crippen LogP contribution >= 0.6 is 0 Å². The van der Waals surface area contributed by atoms with Crippen LogP contribution in [0.1, 0.15) is 142 Å². The maximum absolute atomic E-state index is 12.6. The summed E-state index contributed by atoms with van der Waals surface area (Å²) in [7, 11) is 0. The summed E-state index contributed by atoms with van der Waals surface area (Å²) in [4.78, 5) is 25.2. The predicted octanol–water partition coefficient (Wildman–Crippen LogP) is 13.2. The van der Waals surface area contributed by atoms with Gasteiger partial charge in [0.1, 0.15) is 34.2 Å². The third-order valence-electron chi connectivity index (χ3n) is 14.3. The Bertz CT molecular complexity index is 1890. The summed E-state index contributed by atoms with van der Waals surface area (Å²) in [6.07, 6.45) is 7.98. The minimum atomic E-state index is -0.718. The van der Waals surface area contributed by atoms with E-state index < -0.39 is 23.5 Å². The normalized spacial score (nSPS) is 17.5. The van der Waals surface area contributed by atoms with Crippen LogP contribution in [-0.4, -0.2) is 33.7 Å². The van der Waals surface area contributed by atoms with Gasteiger partial charge in [0.25, 0.3) is 0 Å². The van der Waals surface area contributed by atoms with Crippen LogP contribution < -0.4 is 9.47 Å². The lowest BCUT2D eigenvalue weighted by molar-refractivity contribution is 0.00591. The second-order valence-electron chi connectivity index (χ2n) is 18.8. The van der Waals surface area contributed by atoms with Gasteiger partial charge in [-0.3, -0.25) is 0 Å². The van der Waals surface area contributed by atoms with Gasteiger partial charge in [0.05, 0.1) is 0 Å². The lowest BCUT2D eigenvalue weighted by atomic mass is 9.53. The molecular formula is C51H64O8. The van der Waals surface area contributed by atoms with Crippen molar-refractivity contribution in [3.05, 3.63) is 119 Å². The largest absolute Gasteiger partial charge is 0.514 e. The van der Waals surface area contributed by atoms with E-state index >= 15 is 0 Å². The van der Waals surface area contributed by atoms with E-state index in [9.17, 15) is 19.8 Å². The third kappa shape index (κ3) is 9.74. The van der Waals surface area contributed by atoms with Crippen molar-refractivity contribution in [3.63, 3.8) is 0 Å². The van der Waals surface area contributed by atoms with Crippen molar-refractivity contribution in [2.45, 2.75) is 142 Å². The van der Waals surface area contributed by atoms with Gasteiger partial charge in [-0.25, -0.2) is 9.59 Å². The van der Waals surface area contributed by atoms with Crippen molar-refractivity contribution in [1.29, 1.82) is 0 Å². The lowest BCUT2D eigenvalue weighted by Gasteiger charge is -2.51. The van der Waals surface area contributed by atoms with Gasteiger partial charge < -0.3 is 29.2 Å². The van der Waals surface area contributed by atoms with Crippen LogP contribution in [0.2, 0.25) is 0 Å². The van der Waals surface area contributed by atoms with E-state index in [-0.39, 0.29) is 27.7 Å². The van der Waals surface area contributed by atoms with Crippen LogP contribution in [0.25, 0.3) is 0 Å². The first-order valence-corrected chi connectivity index (χ1v) is 21.5. The number of aromatic hydroxyl groups is 2. The summed E-state index contributed by atoms with van der Waals surface area (Å²) >= 11 is 0. The predicted molar refractivity (Wildman–Crippen MR) is 231 cm³/mol. The molecule has 0 radical (unpaired) electrons. The van der Waals surface area contributed by atoms with Crippen LogP contribution in [0.4, 0.5) is 9.59 Å². The average Bonchev–Trinajstić information content (AvgIpc) is 3.21. The molecule has 0 unspecified atom stereocenters. The first-order chi connectivity index (χ1) is 27.9. The molecule has 6 rings (SSSR count). The van der Waals surface area contributed by atoms with E-state index in [4.69, 9.17) is 18.9 Å². The van der Waals surface area contributed by atoms with Crippen LogP contribution in [0.5, 0.6) is 23.0 Å². The minimum absolute atomic E-state index is 0.0941. The third-order valence-corrected chi connectivity index (χ3v) is 14.3. The second kappa shape index (κ2) is 17.3. The molecule has 4 aromatic carbocycles. The molecule has 2 N–H and O–H groups in total. The van der Waals surface area contributed by atoms with Gasteiger partial charge in [-0.05, 0) is 180 Å². The van der Waals surface area contributed by atoms with Gasteiger partial charge in [-0.15, -0.1) is 0 Å². The summed E-state index contributed by atoms with van der Waals surface area (Å²) in [6, 6.07) is 31.1. The summed E-state index contributed by atoms with van der Waals surface area (Å²) in [6.45, 7) is 16.3. The molecule has 0 amide bonds. The Morgan fingerprint density at radius 2 is 0.780 bits per heavy atom. The molecule has 2 saturated carbocycles. The average molecular weight is 805 g/mol. The fourth-order valence-electron chi connectivity index (χ4n) is 9.61. The highest BCUT2D eigenvalue weighted by molar-refractivity contribution is 5.65. The molecule has 0 atom stereocenters. The molecule has 2 aliphatic carbocycles. The van der Waals surface area contributed by atoms with E-state index in [2.05, 4.69) is 62.4 Å². The molecule has 4 aromatic rings. The standard InChI is InChI=1S/C51H64O8/c1-9-47(3,4)58-45(54)56-43-23-15-39(16-24-43)51(40-17-25-44(26-18-40)57-46(55)59-48(5,6)10-2)33-29-36(30-34-51)49(7,8)35-27-31-50(32-28-35,37-11-19-41(52)20-12-37)38-13-21-42(53)22-14-38/h11-26,35-36,52-53H,9-10,27-34H2,1-8H3. The van der Waals surface area contributed by atoms with Gasteiger partial charge in [0.15, 0.2) is 0 Å². The molecule has 8 nitrogen and oxygen atoms in total. The van der Waals surface area contributed by atoms with Gasteiger partial charge >= 0.3 is 12.3 Å². The Balaban J connectivity index is 1.22. The Morgan fingerprint density at radius 3 is 1.05 bits per heavy atom. The quantitative estimate of drug-likeness (QED) is 0.108. The second-order valence-corrected chi connectivity index (χ2v) is 18.8. The molecule has 0 saturated heterocycles. The molecule has 2 fully saturated rings. The van der Waals surface area contributed by atoms with Crippen molar-refractivity contribution in [1.82, 2.24) is 0 Å². The number of hydrogen-bond acceptors (Lipinski definition) is 8. The highest BCUT2D eigenvalue weighted by Crippen LogP contribution is 2.57. The zero-order chi connectivity index (χ0) is 42.6. The number of carbonyl (C=O) groups excluding carboxylic acids is 2. The van der Waals surface area contributed by atoms with Crippen molar-refractivity contribution >= 4 is 12.3 Å². The van der Waals surface area contributed by atoms with Gasteiger partial charge in [0, 0.05) is 10.8 Å². The highest BCUT2D eigenvalue weighted by Gasteiger charge is 2.48. The lowest BCUT2D eigenvalue weighted by Crippen LogP contribution is -2.43. The summed E-state index contributed by atoms with van der Waals surface area (Å²) in [5, 5.41) is 20.2. The number of rotatable bonds is 12. The van der Waals surface area contributed by atoms with Crippen LogP contribution in [0.3, 0.4) is 0 Å². The van der Waals surface area contributed by atoms with Gasteiger partial charge in [-0.2, -0.15) is 0 Å². The minimum Gasteiger partial charge on any atom is -0.508 e. The molecule has 0 heterocycles. The summed E-state index contributed by atoms with van der Waals surface area (Å²) in [5.74, 6) is 2.43. The zero-order valence-corrected chi connectivity index (χ0v) is 36.3. The summed E-state index contributed by atoms with van der Waals surface area (Å²) < 4.78 is 22.3. The number of phenols is 2. The van der Waals surface area contributed by atoms with E-state index in [1.54, 1.807) is 24.3 Å². The van der Waals surface area contributed by atoms with Crippen LogP contribution in [-0.2, 0) is 20.3 Å². The van der Waals surface area contributed by atoms with Gasteiger partial charge in [0.2, 0.25) is 0 Å². The Hall–Kier alpha value is -4.98. The maximum Gasteiger partial charge on any atom is 0.514 e. The number of hydrogen-bond donors (Lipinski definition) is 2. The highest BCUT2D eigenvalue weighted by atomic mass is 16.7. The fourth-order valence-corrected chi connectivity index (χ4v) is 9.61. The molecular weight excluding hydrogens is 741 g/mol. The fraction of sp³-hybridized carbons (Fsp3) is 0.490. The first-order valence-electron chi connectivity index (χ1n) is 21.5. The van der Waals surface area contributed by atoms with Crippen molar-refractivity contribution in [2.24, 2.45) is 17.3 Å². The van der Waals surface area contributed by atoms with Crippen LogP contribution in [0, 0.1) is 17.3 Å². The zero-order valence-electron chi connectivity index (χ0n) is 36.3. The number of ether oxygens (including phenoxy) is 4. The van der Waals surface area contributed by atoms with E-state index in [1.165, 1.54) is 11.1 Å². The molecule has 0 spiro atoms. The first kappa shape index (κ1) is 43.6. The van der Waals surface area contributed by atoms with E-state index in [0.29, 0.717) is 36.2 Å². The summed E-state index contributed by atoms with van der Waals surface area (Å²) in [5.41, 5.74) is 3.06. The molecule has 2 aliphatic rings. The molecule has 0 bridgehead atoms. The molecule has 316 valence electrons. The maximum atomic E-state index is 12.6. The van der Waals surface area contributed by atoms with Crippen molar-refractivity contribution in [2.75, 3.05) is 0 Å². The number of phenolic OH excluding ortho intramolecular Hbond substituents is 2. The number of carbonyl (C=O) groups is 2. The molecule has 59 heavy (non-hydrogen) atoms. The van der Waals surface area contributed by atoms with Crippen molar-refractivity contribution < 1.29 is 38.7 Å².